The molecule has 0 bridgehead atoms. The first-order valence-corrected chi connectivity index (χ1v) is 7.92. The number of fused-ring (bicyclic) bond motifs is 1. The van der Waals surface area contributed by atoms with Crippen molar-refractivity contribution in [3.05, 3.63) is 42.0 Å². The molecule has 5 heteroatoms. The van der Waals surface area contributed by atoms with E-state index in [1.165, 1.54) is 5.56 Å². The van der Waals surface area contributed by atoms with Gasteiger partial charge in [0.25, 0.3) is 0 Å². The average Bonchev–Trinajstić information content (AvgIpc) is 2.49. The SMILES string of the molecule is C/C=C/CCNC(=NC)NC1CC(C)(C)Oc2ccccc21.I. The van der Waals surface area contributed by atoms with E-state index in [9.17, 15) is 0 Å². The Hall–Kier alpha value is -1.24. The van der Waals surface area contributed by atoms with Gasteiger partial charge in [0.2, 0.25) is 0 Å². The maximum atomic E-state index is 6.07. The van der Waals surface area contributed by atoms with Crippen LogP contribution in [0.3, 0.4) is 0 Å². The van der Waals surface area contributed by atoms with Gasteiger partial charge in [-0.2, -0.15) is 0 Å². The van der Waals surface area contributed by atoms with Gasteiger partial charge in [-0.15, -0.1) is 24.0 Å². The molecule has 1 heterocycles. The molecule has 0 amide bonds. The summed E-state index contributed by atoms with van der Waals surface area (Å²) >= 11 is 0. The molecular formula is C18H28IN3O. The Bertz CT molecular complexity index is 555. The Morgan fingerprint density at radius 2 is 2.13 bits per heavy atom. The van der Waals surface area contributed by atoms with Crippen molar-refractivity contribution >= 4 is 29.9 Å². The minimum absolute atomic E-state index is 0. The minimum atomic E-state index is -0.185. The average molecular weight is 429 g/mol. The van der Waals surface area contributed by atoms with Gasteiger partial charge in [0, 0.05) is 25.6 Å². The van der Waals surface area contributed by atoms with E-state index in [1.807, 2.05) is 19.1 Å². The van der Waals surface area contributed by atoms with Gasteiger partial charge in [0.1, 0.15) is 11.4 Å². The lowest BCUT2D eigenvalue weighted by Gasteiger charge is -2.38. The van der Waals surface area contributed by atoms with Gasteiger partial charge in [-0.25, -0.2) is 0 Å². The van der Waals surface area contributed by atoms with Gasteiger partial charge in [0.05, 0.1) is 6.04 Å². The highest BCUT2D eigenvalue weighted by Crippen LogP contribution is 2.39. The molecule has 1 atom stereocenters. The standard InChI is InChI=1S/C18H27N3O.HI/c1-5-6-9-12-20-17(19-4)21-15-13-18(2,3)22-16-11-8-7-10-14(15)16;/h5-8,10-11,15H,9,12-13H2,1-4H3,(H2,19,20,21);1H/b6-5+;. The molecule has 0 aliphatic carbocycles. The van der Waals surface area contributed by atoms with Crippen molar-refractivity contribution in [2.45, 2.75) is 45.3 Å². The van der Waals surface area contributed by atoms with Crippen molar-refractivity contribution < 1.29 is 4.74 Å². The van der Waals surface area contributed by atoms with Crippen LogP contribution in [0.5, 0.6) is 5.75 Å². The second kappa shape index (κ2) is 9.15. The third kappa shape index (κ3) is 5.71. The molecular weight excluding hydrogens is 401 g/mol. The largest absolute Gasteiger partial charge is 0.487 e. The molecule has 1 aromatic carbocycles. The molecule has 0 spiro atoms. The third-order valence-corrected chi connectivity index (χ3v) is 3.75. The summed E-state index contributed by atoms with van der Waals surface area (Å²) in [6.07, 6.45) is 6.11. The molecule has 1 unspecified atom stereocenters. The van der Waals surface area contributed by atoms with Gasteiger partial charge < -0.3 is 15.4 Å². The van der Waals surface area contributed by atoms with Crippen molar-refractivity contribution in [3.63, 3.8) is 0 Å². The summed E-state index contributed by atoms with van der Waals surface area (Å²) in [6, 6.07) is 8.43. The number of nitrogens with zero attached hydrogens (tertiary/aromatic N) is 1. The molecule has 1 aliphatic rings. The quantitative estimate of drug-likeness (QED) is 0.250. The Morgan fingerprint density at radius 1 is 1.39 bits per heavy atom. The van der Waals surface area contributed by atoms with Crippen LogP contribution in [0, 0.1) is 0 Å². The van der Waals surface area contributed by atoms with Crippen LogP contribution in [0.15, 0.2) is 41.4 Å². The molecule has 2 rings (SSSR count). The summed E-state index contributed by atoms with van der Waals surface area (Å²) in [7, 11) is 1.81. The Kier molecular flexibility index (Phi) is 7.88. The van der Waals surface area contributed by atoms with Gasteiger partial charge in [0.15, 0.2) is 5.96 Å². The van der Waals surface area contributed by atoms with E-state index in [4.69, 9.17) is 4.74 Å². The summed E-state index contributed by atoms with van der Waals surface area (Å²) in [5, 5.41) is 6.89. The predicted octanol–water partition coefficient (Wildman–Crippen LogP) is 4.04. The summed E-state index contributed by atoms with van der Waals surface area (Å²) in [6.45, 7) is 7.16. The van der Waals surface area contributed by atoms with Gasteiger partial charge in [-0.1, -0.05) is 30.4 Å². The van der Waals surface area contributed by atoms with E-state index in [-0.39, 0.29) is 35.6 Å². The second-order valence-corrected chi connectivity index (χ2v) is 6.16. The first kappa shape index (κ1) is 19.8. The monoisotopic (exact) mass is 429 g/mol. The highest BCUT2D eigenvalue weighted by Gasteiger charge is 2.33. The van der Waals surface area contributed by atoms with E-state index in [0.29, 0.717) is 0 Å². The number of benzene rings is 1. The van der Waals surface area contributed by atoms with Crippen molar-refractivity contribution in [2.75, 3.05) is 13.6 Å². The maximum absolute atomic E-state index is 6.07. The smallest absolute Gasteiger partial charge is 0.191 e. The Labute approximate surface area is 156 Å². The molecule has 4 nitrogen and oxygen atoms in total. The topological polar surface area (TPSA) is 45.7 Å². The molecule has 128 valence electrons. The Morgan fingerprint density at radius 3 is 2.83 bits per heavy atom. The highest BCUT2D eigenvalue weighted by atomic mass is 127. The Balaban J connectivity index is 0.00000264. The fourth-order valence-corrected chi connectivity index (χ4v) is 2.73. The normalized spacial score (nSPS) is 19.5. The summed E-state index contributed by atoms with van der Waals surface area (Å²) in [5.74, 6) is 1.79. The first-order chi connectivity index (χ1) is 10.6. The van der Waals surface area contributed by atoms with E-state index in [0.717, 1.165) is 31.1 Å². The van der Waals surface area contributed by atoms with Gasteiger partial charge in [-0.05, 0) is 33.3 Å². The number of halogens is 1. The highest BCUT2D eigenvalue weighted by molar-refractivity contribution is 14.0. The minimum Gasteiger partial charge on any atom is -0.487 e. The van der Waals surface area contributed by atoms with Crippen LogP contribution in [0.4, 0.5) is 0 Å². The second-order valence-electron chi connectivity index (χ2n) is 6.16. The molecule has 0 saturated heterocycles. The van der Waals surface area contributed by atoms with E-state index >= 15 is 0 Å². The fraction of sp³-hybridized carbons (Fsp3) is 0.500. The summed E-state index contributed by atoms with van der Waals surface area (Å²) < 4.78 is 6.07. The van der Waals surface area contributed by atoms with E-state index < -0.39 is 0 Å². The predicted molar refractivity (Wildman–Crippen MR) is 108 cm³/mol. The zero-order valence-corrected chi connectivity index (χ0v) is 16.8. The number of hydrogen-bond donors (Lipinski definition) is 2. The van der Waals surface area contributed by atoms with E-state index in [1.54, 1.807) is 7.05 Å². The number of nitrogens with one attached hydrogen (secondary N) is 2. The molecule has 1 aromatic rings. The zero-order chi connectivity index (χ0) is 16.0. The number of hydrogen-bond acceptors (Lipinski definition) is 2. The van der Waals surface area contributed by atoms with Gasteiger partial charge in [-0.3, -0.25) is 4.99 Å². The van der Waals surface area contributed by atoms with Crippen LogP contribution < -0.4 is 15.4 Å². The zero-order valence-electron chi connectivity index (χ0n) is 14.4. The van der Waals surface area contributed by atoms with Crippen molar-refractivity contribution in [3.8, 4) is 5.75 Å². The lowest BCUT2D eigenvalue weighted by molar-refractivity contribution is 0.0694. The molecule has 1 aliphatic heterocycles. The third-order valence-electron chi connectivity index (χ3n) is 3.75. The van der Waals surface area contributed by atoms with Crippen molar-refractivity contribution in [1.29, 1.82) is 0 Å². The number of ether oxygens (including phenoxy) is 1. The van der Waals surface area contributed by atoms with Crippen molar-refractivity contribution in [1.82, 2.24) is 10.6 Å². The van der Waals surface area contributed by atoms with Crippen molar-refractivity contribution in [2.24, 2.45) is 4.99 Å². The lowest BCUT2D eigenvalue weighted by atomic mass is 9.90. The number of rotatable bonds is 4. The maximum Gasteiger partial charge on any atom is 0.191 e. The van der Waals surface area contributed by atoms with Crippen LogP contribution in [0.25, 0.3) is 0 Å². The molecule has 0 radical (unpaired) electrons. The number of aliphatic imine (C=N–C) groups is 1. The van der Waals surface area contributed by atoms with Crippen LogP contribution >= 0.6 is 24.0 Å². The van der Waals surface area contributed by atoms with Crippen LogP contribution in [-0.2, 0) is 0 Å². The number of guanidine groups is 1. The molecule has 2 N–H and O–H groups in total. The summed E-state index contributed by atoms with van der Waals surface area (Å²) in [5.41, 5.74) is 1.01. The summed E-state index contributed by atoms with van der Waals surface area (Å²) in [4.78, 5) is 4.33. The van der Waals surface area contributed by atoms with E-state index in [2.05, 4.69) is 53.8 Å². The molecule has 0 fully saturated rings. The van der Waals surface area contributed by atoms with Crippen LogP contribution in [0.2, 0.25) is 0 Å². The van der Waals surface area contributed by atoms with Crippen LogP contribution in [-0.4, -0.2) is 25.2 Å². The van der Waals surface area contributed by atoms with Crippen LogP contribution in [0.1, 0.15) is 45.2 Å². The molecule has 23 heavy (non-hydrogen) atoms. The fourth-order valence-electron chi connectivity index (χ4n) is 2.73. The molecule has 0 aromatic heterocycles. The number of para-hydroxylation sites is 1. The lowest BCUT2D eigenvalue weighted by Crippen LogP contribution is -2.45. The molecule has 0 saturated carbocycles. The first-order valence-electron chi connectivity index (χ1n) is 7.92. The number of allylic oxidation sites excluding steroid dienone is 1. The van der Waals surface area contributed by atoms with Gasteiger partial charge >= 0.3 is 0 Å².